The maximum absolute atomic E-state index is 12.6. The first-order valence-corrected chi connectivity index (χ1v) is 9.97. The van der Waals surface area contributed by atoms with Crippen LogP contribution in [0.4, 0.5) is 0 Å². The Kier molecular flexibility index (Phi) is 4.95. The summed E-state index contributed by atoms with van der Waals surface area (Å²) in [5, 5.41) is 0. The summed E-state index contributed by atoms with van der Waals surface area (Å²) in [4.78, 5) is 14.6. The van der Waals surface area contributed by atoms with Crippen LogP contribution in [-0.2, 0) is 14.3 Å². The second-order valence-corrected chi connectivity index (χ2v) is 8.12. The highest BCUT2D eigenvalue weighted by atomic mass is 16.5. The van der Waals surface area contributed by atoms with Gasteiger partial charge in [-0.05, 0) is 69.6 Å². The van der Waals surface area contributed by atoms with Gasteiger partial charge in [0.25, 0.3) is 0 Å². The molecule has 4 heteroatoms. The quantitative estimate of drug-likeness (QED) is 0.700. The number of rotatable bonds is 6. The van der Waals surface area contributed by atoms with Gasteiger partial charge in [-0.1, -0.05) is 6.08 Å². The van der Waals surface area contributed by atoms with Gasteiger partial charge in [0.15, 0.2) is 0 Å². The van der Waals surface area contributed by atoms with Crippen LogP contribution in [0.3, 0.4) is 0 Å². The lowest BCUT2D eigenvalue weighted by atomic mass is 9.78. The third-order valence-corrected chi connectivity index (χ3v) is 6.47. The summed E-state index contributed by atoms with van der Waals surface area (Å²) in [5.74, 6) is 1.74. The minimum absolute atomic E-state index is 0.0176. The van der Waals surface area contributed by atoms with Gasteiger partial charge >= 0.3 is 0 Å². The topological polar surface area (TPSA) is 38.8 Å². The summed E-state index contributed by atoms with van der Waals surface area (Å²) in [5.41, 5.74) is 1.06. The molecule has 3 fully saturated rings. The predicted octanol–water partition coefficient (Wildman–Crippen LogP) is 3.31. The van der Waals surface area contributed by atoms with Crippen molar-refractivity contribution in [2.75, 3.05) is 32.9 Å². The van der Waals surface area contributed by atoms with E-state index in [0.29, 0.717) is 5.92 Å². The van der Waals surface area contributed by atoms with Gasteiger partial charge in [0.05, 0.1) is 5.60 Å². The van der Waals surface area contributed by atoms with E-state index in [2.05, 4.69) is 11.0 Å². The molecule has 1 amide bonds. The van der Waals surface area contributed by atoms with Crippen molar-refractivity contribution in [2.24, 2.45) is 11.8 Å². The molecule has 1 spiro atoms. The van der Waals surface area contributed by atoms with Gasteiger partial charge in [-0.25, -0.2) is 0 Å². The Morgan fingerprint density at radius 2 is 2.12 bits per heavy atom. The fraction of sp³-hybridized carbons (Fsp3) is 0.850. The monoisotopic (exact) mass is 333 g/mol. The van der Waals surface area contributed by atoms with E-state index in [1.54, 1.807) is 0 Å². The second-order valence-electron chi connectivity index (χ2n) is 8.12. The van der Waals surface area contributed by atoms with Gasteiger partial charge in [0.2, 0.25) is 5.91 Å². The van der Waals surface area contributed by atoms with Crippen molar-refractivity contribution in [1.82, 2.24) is 4.90 Å². The molecular weight excluding hydrogens is 302 g/mol. The van der Waals surface area contributed by atoms with Crippen molar-refractivity contribution in [3.63, 3.8) is 0 Å². The zero-order valence-corrected chi connectivity index (χ0v) is 14.8. The Morgan fingerprint density at radius 3 is 2.83 bits per heavy atom. The highest BCUT2D eigenvalue weighted by Crippen LogP contribution is 2.42. The molecule has 2 aliphatic heterocycles. The fourth-order valence-corrected chi connectivity index (χ4v) is 4.66. The predicted molar refractivity (Wildman–Crippen MR) is 92.7 cm³/mol. The van der Waals surface area contributed by atoms with Gasteiger partial charge in [-0.15, -0.1) is 0 Å². The summed E-state index contributed by atoms with van der Waals surface area (Å²) < 4.78 is 12.1. The smallest absolute Gasteiger partial charge is 0.249 e. The second kappa shape index (κ2) is 7.17. The minimum atomic E-state index is 0.0176. The van der Waals surface area contributed by atoms with Crippen LogP contribution >= 0.6 is 0 Å². The van der Waals surface area contributed by atoms with Gasteiger partial charge in [0, 0.05) is 38.5 Å². The SMILES string of the molecule is O=C(C1=CCCC1)N1CCC2(CC1)OCC[C@H]2CCOCC1CC1. The molecule has 0 N–H and O–H groups in total. The van der Waals surface area contributed by atoms with Gasteiger partial charge < -0.3 is 14.4 Å². The molecule has 24 heavy (non-hydrogen) atoms. The number of carbonyl (C=O) groups is 1. The Labute approximate surface area is 145 Å². The Hall–Kier alpha value is -0.870. The van der Waals surface area contributed by atoms with E-state index >= 15 is 0 Å². The number of piperidine rings is 1. The first-order chi connectivity index (χ1) is 11.8. The first kappa shape index (κ1) is 16.6. The molecule has 2 heterocycles. The normalized spacial score (nSPS) is 29.2. The van der Waals surface area contributed by atoms with Crippen LogP contribution in [0.15, 0.2) is 11.6 Å². The zero-order valence-electron chi connectivity index (χ0n) is 14.8. The third kappa shape index (κ3) is 3.55. The molecule has 2 saturated heterocycles. The average molecular weight is 333 g/mol. The van der Waals surface area contributed by atoms with Crippen LogP contribution in [0, 0.1) is 11.8 Å². The van der Waals surface area contributed by atoms with E-state index in [-0.39, 0.29) is 11.5 Å². The van der Waals surface area contributed by atoms with Crippen LogP contribution in [0.5, 0.6) is 0 Å². The molecule has 4 aliphatic rings. The Bertz CT molecular complexity index is 489. The number of likely N-dealkylation sites (tertiary alicyclic amines) is 1. The molecule has 134 valence electrons. The van der Waals surface area contributed by atoms with Crippen LogP contribution in [0.2, 0.25) is 0 Å². The lowest BCUT2D eigenvalue weighted by Gasteiger charge is -2.42. The zero-order chi connectivity index (χ0) is 16.4. The van der Waals surface area contributed by atoms with Crippen LogP contribution in [0.1, 0.15) is 57.8 Å². The van der Waals surface area contributed by atoms with Crippen LogP contribution in [-0.4, -0.2) is 49.3 Å². The molecule has 0 aromatic heterocycles. The summed E-state index contributed by atoms with van der Waals surface area (Å²) in [6.45, 7) is 4.43. The molecular formula is C20H31NO3. The van der Waals surface area contributed by atoms with E-state index in [1.807, 2.05) is 0 Å². The lowest BCUT2D eigenvalue weighted by molar-refractivity contribution is -0.133. The van der Waals surface area contributed by atoms with Crippen molar-refractivity contribution in [1.29, 1.82) is 0 Å². The molecule has 1 saturated carbocycles. The molecule has 0 aromatic carbocycles. The highest BCUT2D eigenvalue weighted by Gasteiger charge is 2.46. The van der Waals surface area contributed by atoms with Crippen LogP contribution in [0.25, 0.3) is 0 Å². The molecule has 0 bridgehead atoms. The number of ether oxygens (including phenoxy) is 2. The summed E-state index contributed by atoms with van der Waals surface area (Å²) in [6.07, 6.45) is 12.3. The molecule has 2 aliphatic carbocycles. The van der Waals surface area contributed by atoms with Crippen molar-refractivity contribution in [3.05, 3.63) is 11.6 Å². The average Bonchev–Trinajstić information content (AvgIpc) is 3.11. The number of allylic oxidation sites excluding steroid dienone is 1. The summed E-state index contributed by atoms with van der Waals surface area (Å²) in [7, 11) is 0. The molecule has 0 radical (unpaired) electrons. The highest BCUT2D eigenvalue weighted by molar-refractivity contribution is 5.93. The summed E-state index contributed by atoms with van der Waals surface area (Å²) >= 11 is 0. The number of nitrogens with zero attached hydrogens (tertiary/aromatic N) is 1. The number of amides is 1. The van der Waals surface area contributed by atoms with E-state index in [4.69, 9.17) is 9.47 Å². The largest absolute Gasteiger partial charge is 0.381 e. The van der Waals surface area contributed by atoms with E-state index < -0.39 is 0 Å². The molecule has 1 atom stereocenters. The third-order valence-electron chi connectivity index (χ3n) is 6.47. The lowest BCUT2D eigenvalue weighted by Crippen LogP contribution is -2.49. The molecule has 4 rings (SSSR count). The molecule has 0 aromatic rings. The number of hydrogen-bond donors (Lipinski definition) is 0. The van der Waals surface area contributed by atoms with Crippen molar-refractivity contribution in [3.8, 4) is 0 Å². The molecule has 0 unspecified atom stereocenters. The Morgan fingerprint density at radius 1 is 1.29 bits per heavy atom. The van der Waals surface area contributed by atoms with E-state index in [1.165, 1.54) is 12.8 Å². The standard InChI is InChI=1S/C20H31NO3/c22-19(17-3-1-2-4-17)21-11-9-20(10-12-21)18(8-14-24-20)7-13-23-15-16-5-6-16/h3,16,18H,1-2,4-15H2/t18-/m1/s1. The number of hydrogen-bond acceptors (Lipinski definition) is 3. The van der Waals surface area contributed by atoms with Crippen molar-refractivity contribution >= 4 is 5.91 Å². The molecule has 4 nitrogen and oxygen atoms in total. The Balaban J connectivity index is 1.26. The van der Waals surface area contributed by atoms with Crippen molar-refractivity contribution < 1.29 is 14.3 Å². The van der Waals surface area contributed by atoms with Gasteiger partial charge in [-0.3, -0.25) is 4.79 Å². The van der Waals surface area contributed by atoms with E-state index in [9.17, 15) is 4.79 Å². The first-order valence-electron chi connectivity index (χ1n) is 9.97. The number of carbonyl (C=O) groups excluding carboxylic acids is 1. The van der Waals surface area contributed by atoms with Gasteiger partial charge in [-0.2, -0.15) is 0 Å². The van der Waals surface area contributed by atoms with Crippen LogP contribution < -0.4 is 0 Å². The van der Waals surface area contributed by atoms with Crippen molar-refractivity contribution in [2.45, 2.75) is 63.4 Å². The van der Waals surface area contributed by atoms with E-state index in [0.717, 1.165) is 89.3 Å². The minimum Gasteiger partial charge on any atom is -0.381 e. The fourth-order valence-electron chi connectivity index (χ4n) is 4.66. The van der Waals surface area contributed by atoms with Gasteiger partial charge in [0.1, 0.15) is 0 Å². The summed E-state index contributed by atoms with van der Waals surface area (Å²) in [6, 6.07) is 0. The maximum Gasteiger partial charge on any atom is 0.249 e. The maximum atomic E-state index is 12.6.